The van der Waals surface area contributed by atoms with Crippen LogP contribution in [0.15, 0.2) is 36.4 Å². The van der Waals surface area contributed by atoms with E-state index in [1.807, 2.05) is 12.1 Å². The quantitative estimate of drug-likeness (QED) is 0.482. The fraction of sp³-hybridized carbons (Fsp3) is 0.0769. The third-order valence-electron chi connectivity index (χ3n) is 2.73. The van der Waals surface area contributed by atoms with Crippen LogP contribution in [-0.2, 0) is 0 Å². The van der Waals surface area contributed by atoms with E-state index in [0.717, 1.165) is 10.8 Å². The van der Waals surface area contributed by atoms with Crippen molar-refractivity contribution in [2.24, 2.45) is 0 Å². The van der Waals surface area contributed by atoms with E-state index in [0.29, 0.717) is 16.2 Å². The van der Waals surface area contributed by atoms with Gasteiger partial charge in [0.2, 0.25) is 0 Å². The van der Waals surface area contributed by atoms with E-state index < -0.39 is 6.43 Å². The molecule has 2 heterocycles. The molecule has 0 aliphatic rings. The van der Waals surface area contributed by atoms with E-state index in [9.17, 15) is 8.78 Å². The molecular formula is C13H7ClF2N2. The number of alkyl halides is 2. The molecule has 2 nitrogen and oxygen atoms in total. The molecule has 0 unspecified atom stereocenters. The molecule has 0 bridgehead atoms. The normalized spacial score (nSPS) is 11.6. The zero-order valence-corrected chi connectivity index (χ0v) is 9.83. The highest BCUT2D eigenvalue weighted by atomic mass is 35.5. The third-order valence-corrected chi connectivity index (χ3v) is 2.94. The molecule has 0 atom stereocenters. The summed E-state index contributed by atoms with van der Waals surface area (Å²) in [4.78, 5) is 8.14. The summed E-state index contributed by atoms with van der Waals surface area (Å²) < 4.78 is 25.3. The number of rotatable bonds is 1. The van der Waals surface area contributed by atoms with Gasteiger partial charge in [-0.15, -0.1) is 0 Å². The summed E-state index contributed by atoms with van der Waals surface area (Å²) in [5.41, 5.74) is 0.743. The molecule has 0 fully saturated rings. The molecule has 1 aromatic carbocycles. The van der Waals surface area contributed by atoms with Crippen LogP contribution in [0.3, 0.4) is 0 Å². The van der Waals surface area contributed by atoms with Crippen molar-refractivity contribution in [2.75, 3.05) is 0 Å². The molecule has 0 aliphatic carbocycles. The van der Waals surface area contributed by atoms with Gasteiger partial charge in [0.25, 0.3) is 6.43 Å². The van der Waals surface area contributed by atoms with Gasteiger partial charge in [-0.3, -0.25) is 0 Å². The van der Waals surface area contributed by atoms with Crippen molar-refractivity contribution in [3.05, 3.63) is 47.2 Å². The molecule has 18 heavy (non-hydrogen) atoms. The minimum atomic E-state index is -2.59. The first-order valence-electron chi connectivity index (χ1n) is 5.29. The second-order valence-electron chi connectivity index (χ2n) is 3.88. The molecule has 5 heteroatoms. The molecule has 2 aromatic heterocycles. The minimum absolute atomic E-state index is 0.253. The van der Waals surface area contributed by atoms with Gasteiger partial charge in [0.05, 0.1) is 11.0 Å². The van der Waals surface area contributed by atoms with Crippen molar-refractivity contribution in [3.63, 3.8) is 0 Å². The predicted molar refractivity (Wildman–Crippen MR) is 67.0 cm³/mol. The Morgan fingerprint density at radius 1 is 0.833 bits per heavy atom. The molecule has 0 saturated carbocycles. The number of aromatic nitrogens is 2. The first kappa shape index (κ1) is 11.3. The van der Waals surface area contributed by atoms with E-state index >= 15 is 0 Å². The Labute approximate surface area is 106 Å². The number of hydrogen-bond acceptors (Lipinski definition) is 2. The lowest BCUT2D eigenvalue weighted by Crippen LogP contribution is -1.92. The average Bonchev–Trinajstić information content (AvgIpc) is 2.37. The molecular weight excluding hydrogens is 258 g/mol. The molecule has 0 saturated heterocycles. The zero-order valence-electron chi connectivity index (χ0n) is 9.07. The van der Waals surface area contributed by atoms with Crippen LogP contribution in [0.5, 0.6) is 0 Å². The molecule has 3 aromatic rings. The Bertz CT molecular complexity index is 743. The van der Waals surface area contributed by atoms with Gasteiger partial charge < -0.3 is 0 Å². The van der Waals surface area contributed by atoms with Crippen LogP contribution in [-0.4, -0.2) is 9.97 Å². The highest BCUT2D eigenvalue weighted by Crippen LogP contribution is 2.26. The number of nitrogens with zero attached hydrogens (tertiary/aromatic N) is 2. The van der Waals surface area contributed by atoms with Gasteiger partial charge in [0, 0.05) is 10.8 Å². The lowest BCUT2D eigenvalue weighted by molar-refractivity contribution is 0.146. The average molecular weight is 265 g/mol. The summed E-state index contributed by atoms with van der Waals surface area (Å²) in [5.74, 6) is 0. The van der Waals surface area contributed by atoms with Crippen molar-refractivity contribution in [2.45, 2.75) is 6.43 Å². The van der Waals surface area contributed by atoms with Crippen LogP contribution in [0.4, 0.5) is 8.78 Å². The Morgan fingerprint density at radius 2 is 1.39 bits per heavy atom. The van der Waals surface area contributed by atoms with E-state index in [2.05, 4.69) is 9.97 Å². The predicted octanol–water partition coefficient (Wildman–Crippen LogP) is 4.37. The van der Waals surface area contributed by atoms with Gasteiger partial charge in [-0.25, -0.2) is 18.7 Å². The van der Waals surface area contributed by atoms with Crippen LogP contribution < -0.4 is 0 Å². The fourth-order valence-corrected chi connectivity index (χ4v) is 2.03. The lowest BCUT2D eigenvalue weighted by atomic mass is 10.1. The summed E-state index contributed by atoms with van der Waals surface area (Å²) in [6.07, 6.45) is -2.59. The van der Waals surface area contributed by atoms with E-state index in [-0.39, 0.29) is 5.69 Å². The van der Waals surface area contributed by atoms with E-state index in [4.69, 9.17) is 11.6 Å². The Hall–Kier alpha value is -1.81. The summed E-state index contributed by atoms with van der Waals surface area (Å²) in [6.45, 7) is 0. The highest BCUT2D eigenvalue weighted by molar-refractivity contribution is 6.30. The van der Waals surface area contributed by atoms with Crippen LogP contribution in [0, 0.1) is 0 Å². The maximum atomic E-state index is 12.7. The molecule has 0 aliphatic heterocycles. The van der Waals surface area contributed by atoms with Gasteiger partial charge in [0.15, 0.2) is 0 Å². The fourth-order valence-electron chi connectivity index (χ4n) is 1.88. The van der Waals surface area contributed by atoms with Crippen LogP contribution in [0.25, 0.3) is 21.8 Å². The third kappa shape index (κ3) is 1.78. The summed E-state index contributed by atoms with van der Waals surface area (Å²) in [6, 6.07) is 10.1. The smallest absolute Gasteiger partial charge is 0.245 e. The Morgan fingerprint density at radius 3 is 2.06 bits per heavy atom. The van der Waals surface area contributed by atoms with Crippen molar-refractivity contribution >= 4 is 33.4 Å². The highest BCUT2D eigenvalue weighted by Gasteiger charge is 2.11. The number of fused-ring (bicyclic) bond motifs is 3. The molecule has 0 N–H and O–H groups in total. The summed E-state index contributed by atoms with van der Waals surface area (Å²) in [7, 11) is 0. The lowest BCUT2D eigenvalue weighted by Gasteiger charge is -2.05. The summed E-state index contributed by atoms with van der Waals surface area (Å²) >= 11 is 5.83. The first-order valence-corrected chi connectivity index (χ1v) is 5.67. The molecule has 0 radical (unpaired) electrons. The van der Waals surface area contributed by atoms with E-state index in [1.165, 1.54) is 6.07 Å². The van der Waals surface area contributed by atoms with Crippen LogP contribution in [0.2, 0.25) is 5.15 Å². The monoisotopic (exact) mass is 264 g/mol. The number of halogens is 3. The number of benzene rings is 1. The largest absolute Gasteiger partial charge is 0.280 e. The SMILES string of the molecule is FC(F)c1ccc2ccc3ccc(Cl)nc3c2n1. The Kier molecular flexibility index (Phi) is 2.59. The van der Waals surface area contributed by atoms with Gasteiger partial charge in [0.1, 0.15) is 10.8 Å². The number of pyridine rings is 2. The second-order valence-corrected chi connectivity index (χ2v) is 4.27. The van der Waals surface area contributed by atoms with Gasteiger partial charge in [-0.1, -0.05) is 29.8 Å². The topological polar surface area (TPSA) is 25.8 Å². The van der Waals surface area contributed by atoms with Crippen molar-refractivity contribution in [3.8, 4) is 0 Å². The molecule has 3 rings (SSSR count). The molecule has 0 spiro atoms. The number of hydrogen-bond donors (Lipinski definition) is 0. The standard InChI is InChI=1S/C13H7ClF2N2/c14-10-6-4-8-2-1-7-3-5-9(13(15)16)17-11(7)12(8)18-10/h1-6,13H. The van der Waals surface area contributed by atoms with Crippen molar-refractivity contribution < 1.29 is 8.78 Å². The van der Waals surface area contributed by atoms with Crippen molar-refractivity contribution in [1.82, 2.24) is 9.97 Å². The Balaban J connectivity index is 2.42. The maximum absolute atomic E-state index is 12.7. The zero-order chi connectivity index (χ0) is 12.7. The van der Waals surface area contributed by atoms with Crippen LogP contribution in [0.1, 0.15) is 12.1 Å². The first-order chi connectivity index (χ1) is 8.65. The summed E-state index contributed by atoms with van der Waals surface area (Å²) in [5, 5.41) is 1.91. The molecule has 90 valence electrons. The molecule has 0 amide bonds. The van der Waals surface area contributed by atoms with Crippen LogP contribution >= 0.6 is 11.6 Å². The maximum Gasteiger partial charge on any atom is 0.280 e. The van der Waals surface area contributed by atoms with E-state index in [1.54, 1.807) is 18.2 Å². The second kappa shape index (κ2) is 4.14. The van der Waals surface area contributed by atoms with Crippen molar-refractivity contribution in [1.29, 1.82) is 0 Å². The minimum Gasteiger partial charge on any atom is -0.245 e. The van der Waals surface area contributed by atoms with Gasteiger partial charge in [-0.05, 0) is 18.2 Å². The van der Waals surface area contributed by atoms with Gasteiger partial charge in [-0.2, -0.15) is 0 Å². The van der Waals surface area contributed by atoms with Gasteiger partial charge >= 0.3 is 0 Å².